The highest BCUT2D eigenvalue weighted by Crippen LogP contribution is 2.26. The summed E-state index contributed by atoms with van der Waals surface area (Å²) in [6.07, 6.45) is 9.17. The molecule has 0 aliphatic carbocycles. The van der Waals surface area contributed by atoms with E-state index in [4.69, 9.17) is 28.1 Å². The van der Waals surface area contributed by atoms with Crippen molar-refractivity contribution < 1.29 is 9.90 Å². The zero-order valence-corrected chi connectivity index (χ0v) is 19.9. The summed E-state index contributed by atoms with van der Waals surface area (Å²) in [5.41, 5.74) is 2.18. The van der Waals surface area contributed by atoms with Crippen LogP contribution in [0.3, 0.4) is 0 Å². The van der Waals surface area contributed by atoms with Gasteiger partial charge in [0.1, 0.15) is 5.82 Å². The van der Waals surface area contributed by atoms with Gasteiger partial charge in [-0.2, -0.15) is 0 Å². The number of hydrogen-bond donors (Lipinski definition) is 1. The molecule has 0 radical (unpaired) electrons. The fourth-order valence-corrected chi connectivity index (χ4v) is 4.55. The molecule has 0 atom stereocenters. The van der Waals surface area contributed by atoms with Crippen LogP contribution in [0.5, 0.6) is 0 Å². The molecule has 1 aliphatic rings. The van der Waals surface area contributed by atoms with Gasteiger partial charge in [0.15, 0.2) is 0 Å². The molecule has 1 saturated heterocycles. The number of carboxylic acids is 1. The lowest BCUT2D eigenvalue weighted by Gasteiger charge is -2.26. The molecule has 1 aromatic heterocycles. The van der Waals surface area contributed by atoms with Crippen LogP contribution in [-0.4, -0.2) is 45.2 Å². The molecular weight excluding hydrogens is 452 g/mol. The number of carbonyl (C=O) groups is 1. The molecule has 176 valence electrons. The number of fused-ring (bicyclic) bond motifs is 1. The van der Waals surface area contributed by atoms with Crippen molar-refractivity contribution in [3.63, 3.8) is 0 Å². The van der Waals surface area contributed by atoms with Gasteiger partial charge in [-0.25, -0.2) is 9.78 Å². The largest absolute Gasteiger partial charge is 0.478 e. The van der Waals surface area contributed by atoms with E-state index >= 15 is 0 Å². The van der Waals surface area contributed by atoms with E-state index in [2.05, 4.69) is 10.8 Å². The summed E-state index contributed by atoms with van der Waals surface area (Å²) < 4.78 is 1.62. The van der Waals surface area contributed by atoms with Crippen molar-refractivity contribution >= 4 is 34.2 Å². The molecule has 3 aromatic rings. The van der Waals surface area contributed by atoms with E-state index in [9.17, 15) is 9.59 Å². The molecule has 2 aromatic carbocycles. The van der Waals surface area contributed by atoms with Crippen molar-refractivity contribution in [2.24, 2.45) is 7.05 Å². The minimum absolute atomic E-state index is 0.107. The van der Waals surface area contributed by atoms with E-state index < -0.39 is 5.97 Å². The van der Waals surface area contributed by atoms with Crippen LogP contribution in [0.25, 0.3) is 10.9 Å². The van der Waals surface area contributed by atoms with Crippen molar-refractivity contribution in [1.82, 2.24) is 14.5 Å². The molecule has 8 heteroatoms. The second kappa shape index (κ2) is 10.3. The molecular formula is C26H27ClN4O3. The summed E-state index contributed by atoms with van der Waals surface area (Å²) in [6.45, 7) is 3.34. The average Bonchev–Trinajstić information content (AvgIpc) is 2.83. The Bertz CT molecular complexity index is 1300. The third-order valence-corrected chi connectivity index (χ3v) is 6.62. The number of piperidine rings is 1. The van der Waals surface area contributed by atoms with Gasteiger partial charge in [-0.1, -0.05) is 23.9 Å². The number of anilines is 1. The van der Waals surface area contributed by atoms with Crippen LogP contribution in [0.4, 0.5) is 5.69 Å². The van der Waals surface area contributed by atoms with Gasteiger partial charge in [0.2, 0.25) is 0 Å². The molecule has 0 amide bonds. The van der Waals surface area contributed by atoms with Gasteiger partial charge in [-0.05, 0) is 67.9 Å². The van der Waals surface area contributed by atoms with E-state index in [0.29, 0.717) is 35.6 Å². The number of aromatic nitrogens is 2. The number of benzene rings is 2. The van der Waals surface area contributed by atoms with Crippen LogP contribution in [0.1, 0.15) is 41.0 Å². The first-order valence-corrected chi connectivity index (χ1v) is 11.7. The second-order valence-electron chi connectivity index (χ2n) is 8.60. The minimum Gasteiger partial charge on any atom is -0.478 e. The zero-order chi connectivity index (χ0) is 24.2. The lowest BCUT2D eigenvalue weighted by molar-refractivity contribution is 0.0697. The highest BCUT2D eigenvalue weighted by Gasteiger charge is 2.17. The third-order valence-electron chi connectivity index (χ3n) is 6.27. The monoisotopic (exact) mass is 478 g/mol. The van der Waals surface area contributed by atoms with Gasteiger partial charge < -0.3 is 10.0 Å². The van der Waals surface area contributed by atoms with Crippen LogP contribution in [0.15, 0.2) is 41.2 Å². The molecule has 0 spiro atoms. The Labute approximate surface area is 203 Å². The van der Waals surface area contributed by atoms with Crippen molar-refractivity contribution in [1.29, 1.82) is 0 Å². The van der Waals surface area contributed by atoms with E-state index in [1.54, 1.807) is 35.9 Å². The molecule has 34 heavy (non-hydrogen) atoms. The number of hydrogen-bond acceptors (Lipinski definition) is 5. The SMILES string of the molecule is C#CCN(Cc1cc2c(=O)n(C)c(CN3CCCCC3)nc2cc1Cl)c1ccc(C(=O)O)cc1. The standard InChI is InChI=1S/C26H27ClN4O3/c1-3-11-31(20-9-7-18(8-10-20)26(33)34)16-19-14-21-23(15-22(19)27)28-24(29(2)25(21)32)17-30-12-5-4-6-13-30/h1,7-10,14-15H,4-6,11-13,16-17H2,2H3,(H,33,34). The fraction of sp³-hybridized carbons (Fsp3) is 0.346. The molecule has 0 bridgehead atoms. The van der Waals surface area contributed by atoms with Crippen LogP contribution in [0, 0.1) is 12.3 Å². The number of likely N-dealkylation sites (tertiary alicyclic amines) is 1. The molecule has 1 N–H and O–H groups in total. The van der Waals surface area contributed by atoms with E-state index in [0.717, 1.165) is 30.2 Å². The summed E-state index contributed by atoms with van der Waals surface area (Å²) >= 11 is 6.62. The van der Waals surface area contributed by atoms with Crippen LogP contribution < -0.4 is 10.5 Å². The number of halogens is 1. The number of nitrogens with zero attached hydrogens (tertiary/aromatic N) is 4. The summed E-state index contributed by atoms with van der Waals surface area (Å²) in [6, 6.07) is 10.0. The van der Waals surface area contributed by atoms with Gasteiger partial charge in [0.05, 0.1) is 29.6 Å². The Morgan fingerprint density at radius 2 is 1.91 bits per heavy atom. The van der Waals surface area contributed by atoms with Crippen molar-refractivity contribution in [2.45, 2.75) is 32.4 Å². The Balaban J connectivity index is 1.65. The summed E-state index contributed by atoms with van der Waals surface area (Å²) in [4.78, 5) is 33.4. The molecule has 0 saturated carbocycles. The third kappa shape index (κ3) is 5.09. The molecule has 7 nitrogen and oxygen atoms in total. The smallest absolute Gasteiger partial charge is 0.335 e. The maximum Gasteiger partial charge on any atom is 0.335 e. The second-order valence-corrected chi connectivity index (χ2v) is 9.01. The van der Waals surface area contributed by atoms with Gasteiger partial charge in [0, 0.05) is 24.3 Å². The first-order valence-electron chi connectivity index (χ1n) is 11.3. The van der Waals surface area contributed by atoms with Gasteiger partial charge >= 0.3 is 5.97 Å². The van der Waals surface area contributed by atoms with Crippen LogP contribution in [-0.2, 0) is 20.1 Å². The Kier molecular flexibility index (Phi) is 7.20. The van der Waals surface area contributed by atoms with Crippen LogP contribution in [0.2, 0.25) is 5.02 Å². The van der Waals surface area contributed by atoms with Crippen molar-refractivity contribution in [3.8, 4) is 12.3 Å². The van der Waals surface area contributed by atoms with E-state index in [1.165, 1.54) is 31.4 Å². The highest BCUT2D eigenvalue weighted by atomic mass is 35.5. The van der Waals surface area contributed by atoms with Gasteiger partial charge in [-0.3, -0.25) is 14.3 Å². The summed E-state index contributed by atoms with van der Waals surface area (Å²) in [5, 5.41) is 10.2. The fourth-order valence-electron chi connectivity index (χ4n) is 4.33. The first kappa shape index (κ1) is 23.8. The topological polar surface area (TPSA) is 78.7 Å². The quantitative estimate of drug-likeness (QED) is 0.519. The number of terminal acetylenes is 1. The lowest BCUT2D eigenvalue weighted by atomic mass is 10.1. The van der Waals surface area contributed by atoms with Crippen LogP contribution >= 0.6 is 11.6 Å². The van der Waals surface area contributed by atoms with Crippen molar-refractivity contribution in [2.75, 3.05) is 24.5 Å². The first-order chi connectivity index (χ1) is 16.4. The predicted octanol–water partition coefficient (Wildman–Crippen LogP) is 3.91. The molecule has 0 unspecified atom stereocenters. The van der Waals surface area contributed by atoms with E-state index in [1.807, 2.05) is 4.90 Å². The van der Waals surface area contributed by atoms with Gasteiger partial charge in [-0.15, -0.1) is 6.42 Å². The Morgan fingerprint density at radius 1 is 1.21 bits per heavy atom. The lowest BCUT2D eigenvalue weighted by Crippen LogP contribution is -2.33. The Hall–Kier alpha value is -3.34. The minimum atomic E-state index is -0.990. The van der Waals surface area contributed by atoms with E-state index in [-0.39, 0.29) is 11.1 Å². The number of aromatic carboxylic acids is 1. The summed E-state index contributed by atoms with van der Waals surface area (Å²) in [7, 11) is 1.76. The zero-order valence-electron chi connectivity index (χ0n) is 19.1. The Morgan fingerprint density at radius 3 is 2.56 bits per heavy atom. The molecule has 1 fully saturated rings. The van der Waals surface area contributed by atoms with Crippen molar-refractivity contribution in [3.05, 3.63) is 68.7 Å². The maximum atomic E-state index is 13.2. The molecule has 2 heterocycles. The normalized spacial score (nSPS) is 14.1. The maximum absolute atomic E-state index is 13.2. The average molecular weight is 479 g/mol. The summed E-state index contributed by atoms with van der Waals surface area (Å²) in [5.74, 6) is 2.37. The molecule has 1 aliphatic heterocycles. The number of rotatable bonds is 7. The molecule has 4 rings (SSSR count). The highest BCUT2D eigenvalue weighted by molar-refractivity contribution is 6.32. The van der Waals surface area contributed by atoms with Gasteiger partial charge in [0.25, 0.3) is 5.56 Å². The number of carboxylic acid groups (broad SMARTS) is 1. The predicted molar refractivity (Wildman–Crippen MR) is 134 cm³/mol.